The molecule has 2 atom stereocenters. The SMILES string of the molecule is O[C@H]1Cc2ccccc2C1Nc1nc(C2CC2)cnc1C1CC1. The second-order valence-corrected chi connectivity index (χ2v) is 7.17. The fourth-order valence-corrected chi connectivity index (χ4v) is 3.64. The Balaban J connectivity index is 1.50. The minimum absolute atomic E-state index is 0.0764. The van der Waals surface area contributed by atoms with Gasteiger partial charge in [0.15, 0.2) is 0 Å². The highest BCUT2D eigenvalue weighted by atomic mass is 16.3. The van der Waals surface area contributed by atoms with E-state index in [2.05, 4.69) is 17.4 Å². The molecule has 3 aliphatic rings. The lowest BCUT2D eigenvalue weighted by atomic mass is 10.1. The molecule has 3 aliphatic carbocycles. The van der Waals surface area contributed by atoms with E-state index in [0.29, 0.717) is 18.3 Å². The van der Waals surface area contributed by atoms with Gasteiger partial charge in [0.1, 0.15) is 5.82 Å². The molecule has 4 nitrogen and oxygen atoms in total. The third kappa shape index (κ3) is 2.41. The van der Waals surface area contributed by atoms with Crippen LogP contribution in [0.2, 0.25) is 0 Å². The van der Waals surface area contributed by atoms with Crippen molar-refractivity contribution in [3.05, 3.63) is 53.0 Å². The highest BCUT2D eigenvalue weighted by molar-refractivity contribution is 5.50. The zero-order valence-electron chi connectivity index (χ0n) is 13.1. The molecule has 2 fully saturated rings. The van der Waals surface area contributed by atoms with Crippen LogP contribution < -0.4 is 5.32 Å². The lowest BCUT2D eigenvalue weighted by Gasteiger charge is -2.20. The first-order valence-electron chi connectivity index (χ1n) is 8.69. The van der Waals surface area contributed by atoms with Crippen LogP contribution in [0.15, 0.2) is 30.5 Å². The van der Waals surface area contributed by atoms with Crippen molar-refractivity contribution < 1.29 is 5.11 Å². The molecule has 1 unspecified atom stereocenters. The fourth-order valence-electron chi connectivity index (χ4n) is 3.64. The normalized spacial score (nSPS) is 26.1. The molecule has 118 valence electrons. The number of aliphatic hydroxyl groups excluding tert-OH is 1. The average molecular weight is 307 g/mol. The average Bonchev–Trinajstić information content (AvgIpc) is 3.46. The van der Waals surface area contributed by atoms with Crippen LogP contribution in [-0.2, 0) is 6.42 Å². The molecular weight excluding hydrogens is 286 g/mol. The number of fused-ring (bicyclic) bond motifs is 1. The summed E-state index contributed by atoms with van der Waals surface area (Å²) in [6.45, 7) is 0. The van der Waals surface area contributed by atoms with E-state index in [0.717, 1.165) is 17.2 Å². The first-order valence-corrected chi connectivity index (χ1v) is 8.69. The quantitative estimate of drug-likeness (QED) is 0.910. The summed E-state index contributed by atoms with van der Waals surface area (Å²) in [4.78, 5) is 9.60. The summed E-state index contributed by atoms with van der Waals surface area (Å²) in [5.41, 5.74) is 4.63. The Bertz CT molecular complexity index is 752. The van der Waals surface area contributed by atoms with Crippen LogP contribution in [-0.4, -0.2) is 21.2 Å². The zero-order chi connectivity index (χ0) is 15.4. The minimum atomic E-state index is -0.397. The van der Waals surface area contributed by atoms with Crippen molar-refractivity contribution in [2.75, 3.05) is 5.32 Å². The number of benzene rings is 1. The molecule has 5 rings (SSSR count). The molecule has 2 N–H and O–H groups in total. The van der Waals surface area contributed by atoms with E-state index >= 15 is 0 Å². The number of hydrogen-bond acceptors (Lipinski definition) is 4. The number of hydrogen-bond donors (Lipinski definition) is 2. The van der Waals surface area contributed by atoms with Crippen LogP contribution in [0.4, 0.5) is 5.82 Å². The Morgan fingerprint density at radius 3 is 2.61 bits per heavy atom. The van der Waals surface area contributed by atoms with E-state index in [9.17, 15) is 5.11 Å². The van der Waals surface area contributed by atoms with E-state index in [1.165, 1.54) is 36.8 Å². The summed E-state index contributed by atoms with van der Waals surface area (Å²) < 4.78 is 0. The van der Waals surface area contributed by atoms with Gasteiger partial charge in [0.05, 0.1) is 23.5 Å². The zero-order valence-corrected chi connectivity index (χ0v) is 13.1. The number of aliphatic hydroxyl groups is 1. The molecule has 0 spiro atoms. The number of nitrogens with zero attached hydrogens (tertiary/aromatic N) is 2. The predicted octanol–water partition coefficient (Wildman–Crippen LogP) is 3.30. The first-order chi connectivity index (χ1) is 11.3. The molecular formula is C19H21N3O. The molecule has 2 saturated carbocycles. The van der Waals surface area contributed by atoms with Gasteiger partial charge in [-0.1, -0.05) is 24.3 Å². The van der Waals surface area contributed by atoms with Crippen molar-refractivity contribution in [2.45, 2.75) is 56.1 Å². The van der Waals surface area contributed by atoms with Crippen LogP contribution in [0.25, 0.3) is 0 Å². The Morgan fingerprint density at radius 1 is 1.04 bits per heavy atom. The van der Waals surface area contributed by atoms with E-state index in [-0.39, 0.29) is 6.04 Å². The second kappa shape index (κ2) is 5.03. The van der Waals surface area contributed by atoms with Crippen molar-refractivity contribution in [3.8, 4) is 0 Å². The van der Waals surface area contributed by atoms with Crippen molar-refractivity contribution in [1.82, 2.24) is 9.97 Å². The van der Waals surface area contributed by atoms with Gasteiger partial charge < -0.3 is 10.4 Å². The van der Waals surface area contributed by atoms with Crippen LogP contribution in [0.3, 0.4) is 0 Å². The second-order valence-electron chi connectivity index (χ2n) is 7.17. The molecule has 1 aromatic carbocycles. The van der Waals surface area contributed by atoms with Gasteiger partial charge in [0.25, 0.3) is 0 Å². The Morgan fingerprint density at radius 2 is 1.83 bits per heavy atom. The van der Waals surface area contributed by atoms with Gasteiger partial charge in [-0.3, -0.25) is 4.98 Å². The highest BCUT2D eigenvalue weighted by Crippen LogP contribution is 2.45. The van der Waals surface area contributed by atoms with Crippen LogP contribution in [0.5, 0.6) is 0 Å². The largest absolute Gasteiger partial charge is 0.390 e. The lowest BCUT2D eigenvalue weighted by molar-refractivity contribution is 0.165. The highest BCUT2D eigenvalue weighted by Gasteiger charge is 2.35. The van der Waals surface area contributed by atoms with Gasteiger partial charge in [-0.05, 0) is 36.8 Å². The molecule has 0 bridgehead atoms. The van der Waals surface area contributed by atoms with Crippen LogP contribution in [0, 0.1) is 0 Å². The Labute approximate surface area is 136 Å². The van der Waals surface area contributed by atoms with Gasteiger partial charge in [0, 0.05) is 24.5 Å². The number of nitrogens with one attached hydrogen (secondary N) is 1. The van der Waals surface area contributed by atoms with Gasteiger partial charge in [-0.25, -0.2) is 4.98 Å². The van der Waals surface area contributed by atoms with E-state index in [4.69, 9.17) is 9.97 Å². The molecule has 23 heavy (non-hydrogen) atoms. The molecule has 0 radical (unpaired) electrons. The maximum absolute atomic E-state index is 10.5. The van der Waals surface area contributed by atoms with Crippen molar-refractivity contribution in [3.63, 3.8) is 0 Å². The number of aromatic nitrogens is 2. The molecule has 1 heterocycles. The summed E-state index contributed by atoms with van der Waals surface area (Å²) >= 11 is 0. The van der Waals surface area contributed by atoms with Crippen molar-refractivity contribution in [2.24, 2.45) is 0 Å². The van der Waals surface area contributed by atoms with E-state index in [1.807, 2.05) is 18.3 Å². The third-order valence-corrected chi connectivity index (χ3v) is 5.28. The smallest absolute Gasteiger partial charge is 0.148 e. The molecule has 2 aromatic rings. The van der Waals surface area contributed by atoms with Gasteiger partial charge in [-0.15, -0.1) is 0 Å². The van der Waals surface area contributed by atoms with Crippen molar-refractivity contribution >= 4 is 5.82 Å². The summed E-state index contributed by atoms with van der Waals surface area (Å²) in [5, 5.41) is 14.0. The fraction of sp³-hybridized carbons (Fsp3) is 0.474. The minimum Gasteiger partial charge on any atom is -0.390 e. The lowest BCUT2D eigenvalue weighted by Crippen LogP contribution is -2.23. The molecule has 0 aliphatic heterocycles. The number of anilines is 1. The molecule has 0 amide bonds. The number of rotatable bonds is 4. The first kappa shape index (κ1) is 13.5. The van der Waals surface area contributed by atoms with E-state index in [1.54, 1.807) is 0 Å². The summed E-state index contributed by atoms with van der Waals surface area (Å²) in [5.74, 6) is 2.04. The standard InChI is InChI=1S/C19H21N3O/c23-16-9-13-3-1-2-4-14(13)18(16)22-19-17(12-7-8-12)20-10-15(21-19)11-5-6-11/h1-4,10-12,16,18,23H,5-9H2,(H,21,22)/t16-,18?/m0/s1. The van der Waals surface area contributed by atoms with Gasteiger partial charge in [-0.2, -0.15) is 0 Å². The summed E-state index contributed by atoms with van der Waals surface area (Å²) in [7, 11) is 0. The topological polar surface area (TPSA) is 58.0 Å². The van der Waals surface area contributed by atoms with E-state index < -0.39 is 6.10 Å². The Kier molecular flexibility index (Phi) is 2.95. The summed E-state index contributed by atoms with van der Waals surface area (Å²) in [6, 6.07) is 8.22. The maximum Gasteiger partial charge on any atom is 0.148 e. The maximum atomic E-state index is 10.5. The van der Waals surface area contributed by atoms with Crippen molar-refractivity contribution in [1.29, 1.82) is 0 Å². The third-order valence-electron chi connectivity index (χ3n) is 5.28. The molecule has 1 aromatic heterocycles. The summed E-state index contributed by atoms with van der Waals surface area (Å²) in [6.07, 6.45) is 7.15. The predicted molar refractivity (Wildman–Crippen MR) is 88.5 cm³/mol. The van der Waals surface area contributed by atoms with Gasteiger partial charge >= 0.3 is 0 Å². The molecule has 0 saturated heterocycles. The molecule has 4 heteroatoms. The van der Waals surface area contributed by atoms with Gasteiger partial charge in [0.2, 0.25) is 0 Å². The monoisotopic (exact) mass is 307 g/mol. The van der Waals surface area contributed by atoms with Crippen LogP contribution >= 0.6 is 0 Å². The Hall–Kier alpha value is -1.94. The van der Waals surface area contributed by atoms with Crippen LogP contribution in [0.1, 0.15) is 66.1 Å².